The van der Waals surface area contributed by atoms with Gasteiger partial charge in [-0.1, -0.05) is 6.92 Å². The van der Waals surface area contributed by atoms with Gasteiger partial charge in [0.2, 0.25) is 0 Å². The van der Waals surface area contributed by atoms with Crippen molar-refractivity contribution in [3.63, 3.8) is 0 Å². The summed E-state index contributed by atoms with van der Waals surface area (Å²) in [5.74, 6) is 3.11. The molecule has 2 heterocycles. The van der Waals surface area contributed by atoms with E-state index in [0.717, 1.165) is 34.5 Å². The van der Waals surface area contributed by atoms with Crippen LogP contribution in [0, 0.1) is 0 Å². The highest BCUT2D eigenvalue weighted by Crippen LogP contribution is 2.23. The van der Waals surface area contributed by atoms with Crippen molar-refractivity contribution in [2.45, 2.75) is 24.9 Å². The zero-order valence-corrected chi connectivity index (χ0v) is 12.4. The Kier molecular flexibility index (Phi) is 4.98. The first-order chi connectivity index (χ1) is 9.22. The Bertz CT molecular complexity index is 551. The molecule has 0 amide bonds. The van der Waals surface area contributed by atoms with Gasteiger partial charge in [0.15, 0.2) is 0 Å². The van der Waals surface area contributed by atoms with Gasteiger partial charge in [0.25, 0.3) is 0 Å². The smallest absolute Gasteiger partial charge is 0.348 e. The lowest BCUT2D eigenvalue weighted by Gasteiger charge is -1.96. The maximum absolute atomic E-state index is 11.3. The van der Waals surface area contributed by atoms with Crippen molar-refractivity contribution in [1.82, 2.24) is 15.2 Å². The zero-order valence-electron chi connectivity index (χ0n) is 10.8. The number of aromatic nitrogens is 3. The van der Waals surface area contributed by atoms with Gasteiger partial charge in [0.1, 0.15) is 16.5 Å². The topological polar surface area (TPSA) is 67.9 Å². The van der Waals surface area contributed by atoms with Gasteiger partial charge in [0, 0.05) is 17.1 Å². The SMILES string of the molecule is CCc1n[nH]c(CSCc2ccc(C(=O)OC)s2)n1. The molecule has 1 N–H and O–H groups in total. The average Bonchev–Trinajstić information content (AvgIpc) is 3.07. The Hall–Kier alpha value is -1.34. The highest BCUT2D eigenvalue weighted by atomic mass is 32.2. The second-order valence-electron chi connectivity index (χ2n) is 3.80. The number of nitrogens with one attached hydrogen (secondary N) is 1. The maximum atomic E-state index is 11.3. The second-order valence-corrected chi connectivity index (χ2v) is 5.96. The molecule has 0 aliphatic heterocycles. The number of aromatic amines is 1. The number of nitrogens with zero attached hydrogens (tertiary/aromatic N) is 2. The maximum Gasteiger partial charge on any atom is 0.348 e. The molecular weight excluding hydrogens is 282 g/mol. The summed E-state index contributed by atoms with van der Waals surface area (Å²) < 4.78 is 4.68. The molecule has 2 aromatic heterocycles. The number of carbonyl (C=O) groups is 1. The number of hydrogen-bond acceptors (Lipinski definition) is 6. The molecule has 0 atom stereocenters. The molecule has 0 spiro atoms. The van der Waals surface area contributed by atoms with Gasteiger partial charge < -0.3 is 4.74 Å². The molecule has 0 aromatic carbocycles. The van der Waals surface area contributed by atoms with E-state index in [0.29, 0.717) is 4.88 Å². The van der Waals surface area contributed by atoms with E-state index in [1.807, 2.05) is 13.0 Å². The van der Waals surface area contributed by atoms with Crippen molar-refractivity contribution in [1.29, 1.82) is 0 Å². The van der Waals surface area contributed by atoms with Crippen LogP contribution in [-0.2, 0) is 22.7 Å². The number of thioether (sulfide) groups is 1. The van der Waals surface area contributed by atoms with Crippen molar-refractivity contribution in [2.75, 3.05) is 7.11 Å². The standard InChI is InChI=1S/C12H15N3O2S2/c1-3-10-13-11(15-14-10)7-18-6-8-4-5-9(19-8)12(16)17-2/h4-5H,3,6-7H2,1-2H3,(H,13,14,15). The summed E-state index contributed by atoms with van der Waals surface area (Å²) in [6.45, 7) is 2.03. The number of aryl methyl sites for hydroxylation is 1. The molecule has 0 fully saturated rings. The Morgan fingerprint density at radius 3 is 3.00 bits per heavy atom. The van der Waals surface area contributed by atoms with Gasteiger partial charge in [0.05, 0.1) is 12.9 Å². The van der Waals surface area contributed by atoms with E-state index < -0.39 is 0 Å². The number of rotatable bonds is 6. The predicted molar refractivity (Wildman–Crippen MR) is 76.4 cm³/mol. The second kappa shape index (κ2) is 6.72. The third kappa shape index (κ3) is 3.81. The van der Waals surface area contributed by atoms with Crippen molar-refractivity contribution in [3.05, 3.63) is 33.5 Å². The quantitative estimate of drug-likeness (QED) is 0.830. The van der Waals surface area contributed by atoms with Crippen LogP contribution in [0.1, 0.15) is 33.1 Å². The fourth-order valence-electron chi connectivity index (χ4n) is 1.47. The van der Waals surface area contributed by atoms with Crippen molar-refractivity contribution < 1.29 is 9.53 Å². The Morgan fingerprint density at radius 1 is 1.47 bits per heavy atom. The number of ether oxygens (including phenoxy) is 1. The number of carbonyl (C=O) groups excluding carboxylic acids is 1. The average molecular weight is 297 g/mol. The molecule has 0 unspecified atom stereocenters. The molecular formula is C12H15N3O2S2. The fourth-order valence-corrected chi connectivity index (χ4v) is 3.40. The molecule has 102 valence electrons. The summed E-state index contributed by atoms with van der Waals surface area (Å²) >= 11 is 3.21. The van der Waals surface area contributed by atoms with E-state index in [9.17, 15) is 4.79 Å². The van der Waals surface area contributed by atoms with Crippen molar-refractivity contribution in [2.24, 2.45) is 0 Å². The lowest BCUT2D eigenvalue weighted by molar-refractivity contribution is 0.0606. The molecule has 2 aromatic rings. The molecule has 0 bridgehead atoms. The third-order valence-corrected chi connectivity index (χ3v) is 4.67. The Labute approximate surface area is 119 Å². The molecule has 19 heavy (non-hydrogen) atoms. The predicted octanol–water partition coefficient (Wildman–Crippen LogP) is 2.65. The van der Waals surface area contributed by atoms with E-state index >= 15 is 0 Å². The number of esters is 1. The molecule has 0 saturated heterocycles. The summed E-state index contributed by atoms with van der Waals surface area (Å²) in [7, 11) is 1.39. The largest absolute Gasteiger partial charge is 0.465 e. The van der Waals surface area contributed by atoms with Crippen LogP contribution in [0.2, 0.25) is 0 Å². The summed E-state index contributed by atoms with van der Waals surface area (Å²) in [4.78, 5) is 17.5. The number of H-pyrrole nitrogens is 1. The minimum atomic E-state index is -0.274. The molecule has 0 aliphatic carbocycles. The molecule has 0 radical (unpaired) electrons. The molecule has 5 nitrogen and oxygen atoms in total. The van der Waals surface area contributed by atoms with Crippen LogP contribution in [0.3, 0.4) is 0 Å². The van der Waals surface area contributed by atoms with Crippen molar-refractivity contribution in [3.8, 4) is 0 Å². The van der Waals surface area contributed by atoms with Crippen LogP contribution in [0.4, 0.5) is 0 Å². The first-order valence-electron chi connectivity index (χ1n) is 5.87. The van der Waals surface area contributed by atoms with Crippen LogP contribution in [-0.4, -0.2) is 28.3 Å². The zero-order chi connectivity index (χ0) is 13.7. The molecule has 7 heteroatoms. The molecule has 0 aliphatic rings. The van der Waals surface area contributed by atoms with Crippen LogP contribution in [0.15, 0.2) is 12.1 Å². The summed E-state index contributed by atoms with van der Waals surface area (Å²) in [6.07, 6.45) is 0.842. The minimum absolute atomic E-state index is 0.274. The van der Waals surface area contributed by atoms with Gasteiger partial charge in [-0.3, -0.25) is 5.10 Å². The Balaban J connectivity index is 1.82. The lowest BCUT2D eigenvalue weighted by Crippen LogP contribution is -1.96. The summed E-state index contributed by atoms with van der Waals surface area (Å²) in [6, 6.07) is 3.76. The van der Waals surface area contributed by atoms with E-state index in [1.165, 1.54) is 18.4 Å². The number of thiophene rings is 1. The normalized spacial score (nSPS) is 10.6. The Morgan fingerprint density at radius 2 is 2.32 bits per heavy atom. The number of methoxy groups -OCH3 is 1. The minimum Gasteiger partial charge on any atom is -0.465 e. The van der Waals surface area contributed by atoms with E-state index in [1.54, 1.807) is 17.8 Å². The van der Waals surface area contributed by atoms with Crippen LogP contribution < -0.4 is 0 Å². The van der Waals surface area contributed by atoms with E-state index in [-0.39, 0.29) is 5.97 Å². The van der Waals surface area contributed by atoms with Crippen LogP contribution >= 0.6 is 23.1 Å². The van der Waals surface area contributed by atoms with Crippen LogP contribution in [0.25, 0.3) is 0 Å². The third-order valence-electron chi connectivity index (χ3n) is 2.43. The first-order valence-corrected chi connectivity index (χ1v) is 7.85. The van der Waals surface area contributed by atoms with E-state index in [2.05, 4.69) is 19.9 Å². The fraction of sp³-hybridized carbons (Fsp3) is 0.417. The van der Waals surface area contributed by atoms with Crippen molar-refractivity contribution >= 4 is 29.1 Å². The van der Waals surface area contributed by atoms with Gasteiger partial charge in [-0.05, 0) is 12.1 Å². The molecule has 2 rings (SSSR count). The van der Waals surface area contributed by atoms with E-state index in [4.69, 9.17) is 0 Å². The van der Waals surface area contributed by atoms with Gasteiger partial charge in [-0.2, -0.15) is 5.10 Å². The highest BCUT2D eigenvalue weighted by molar-refractivity contribution is 7.97. The first kappa shape index (κ1) is 14.1. The van der Waals surface area contributed by atoms with Gasteiger partial charge >= 0.3 is 5.97 Å². The highest BCUT2D eigenvalue weighted by Gasteiger charge is 2.09. The van der Waals surface area contributed by atoms with Gasteiger partial charge in [-0.15, -0.1) is 23.1 Å². The molecule has 0 saturated carbocycles. The summed E-state index contributed by atoms with van der Waals surface area (Å²) in [5.41, 5.74) is 0. The summed E-state index contributed by atoms with van der Waals surface area (Å²) in [5, 5.41) is 7.01. The van der Waals surface area contributed by atoms with Gasteiger partial charge in [-0.25, -0.2) is 9.78 Å². The lowest BCUT2D eigenvalue weighted by atomic mass is 10.4. The number of hydrogen-bond donors (Lipinski definition) is 1. The van der Waals surface area contributed by atoms with Crippen LogP contribution in [0.5, 0.6) is 0 Å². The monoisotopic (exact) mass is 297 g/mol.